The number of benzene rings is 1. The van der Waals surface area contributed by atoms with Crippen LogP contribution >= 0.6 is 23.8 Å². The van der Waals surface area contributed by atoms with Crippen molar-refractivity contribution in [2.24, 2.45) is 0 Å². The molecule has 1 amide bonds. The highest BCUT2D eigenvalue weighted by molar-refractivity contribution is 7.80. The Hall–Kier alpha value is -1.63. The predicted octanol–water partition coefficient (Wildman–Crippen LogP) is 2.87. The molecule has 0 radical (unpaired) electrons. The molecule has 138 valence electrons. The van der Waals surface area contributed by atoms with Crippen molar-refractivity contribution in [3.63, 3.8) is 0 Å². The van der Waals surface area contributed by atoms with Gasteiger partial charge in [-0.25, -0.2) is 0 Å². The summed E-state index contributed by atoms with van der Waals surface area (Å²) < 4.78 is 5.40. The van der Waals surface area contributed by atoms with E-state index in [1.807, 2.05) is 36.1 Å². The fourth-order valence-electron chi connectivity index (χ4n) is 3.65. The zero-order valence-corrected chi connectivity index (χ0v) is 16.3. The molecule has 26 heavy (non-hydrogen) atoms. The molecule has 2 aliphatic heterocycles. The van der Waals surface area contributed by atoms with Crippen LogP contribution in [0.5, 0.6) is 0 Å². The first-order valence-electron chi connectivity index (χ1n) is 8.99. The first-order chi connectivity index (χ1) is 12.6. The van der Waals surface area contributed by atoms with Gasteiger partial charge in [0.2, 0.25) is 0 Å². The molecule has 4 rings (SSSR count). The van der Waals surface area contributed by atoms with Crippen LogP contribution in [0.4, 0.5) is 0 Å². The molecule has 1 saturated carbocycles. The molecular weight excluding hydrogens is 370 g/mol. The number of morpholine rings is 1. The molecule has 1 N–H and O–H groups in total. The zero-order valence-electron chi connectivity index (χ0n) is 14.7. The minimum atomic E-state index is -0.259. The van der Waals surface area contributed by atoms with Crippen LogP contribution in [0.15, 0.2) is 35.5 Å². The van der Waals surface area contributed by atoms with E-state index in [1.165, 1.54) is 0 Å². The van der Waals surface area contributed by atoms with Crippen molar-refractivity contribution >= 4 is 34.8 Å². The summed E-state index contributed by atoms with van der Waals surface area (Å²) in [5.74, 6) is 0.0615. The van der Waals surface area contributed by atoms with Crippen LogP contribution in [-0.4, -0.2) is 53.2 Å². The lowest BCUT2D eigenvalue weighted by molar-refractivity contribution is -0.131. The maximum Gasteiger partial charge on any atom is 0.254 e. The molecule has 1 aliphatic carbocycles. The highest BCUT2D eigenvalue weighted by Crippen LogP contribution is 2.38. The van der Waals surface area contributed by atoms with Crippen molar-refractivity contribution in [2.75, 3.05) is 26.3 Å². The summed E-state index contributed by atoms with van der Waals surface area (Å²) in [4.78, 5) is 17.4. The summed E-state index contributed by atoms with van der Waals surface area (Å²) in [5, 5.41) is 4.77. The molecule has 1 saturated heterocycles. The van der Waals surface area contributed by atoms with Gasteiger partial charge in [-0.2, -0.15) is 0 Å². The van der Waals surface area contributed by atoms with Crippen molar-refractivity contribution in [3.8, 4) is 0 Å². The predicted molar refractivity (Wildman–Crippen MR) is 105 cm³/mol. The number of halogens is 1. The Bertz CT molecular complexity index is 755. The second-order valence-corrected chi connectivity index (χ2v) is 7.76. The fourth-order valence-corrected chi connectivity index (χ4v) is 4.18. The van der Waals surface area contributed by atoms with E-state index in [2.05, 4.69) is 10.2 Å². The Kier molecular flexibility index (Phi) is 4.90. The van der Waals surface area contributed by atoms with Gasteiger partial charge in [0.05, 0.1) is 24.8 Å². The number of allylic oxidation sites excluding steroid dienone is 1. The molecule has 1 aromatic rings. The lowest BCUT2D eigenvalue weighted by Crippen LogP contribution is -2.51. The maximum atomic E-state index is 13.4. The first-order valence-corrected chi connectivity index (χ1v) is 9.78. The van der Waals surface area contributed by atoms with E-state index >= 15 is 0 Å². The van der Waals surface area contributed by atoms with Crippen LogP contribution in [0.2, 0.25) is 5.02 Å². The molecule has 3 aliphatic rings. The monoisotopic (exact) mass is 391 g/mol. The minimum absolute atomic E-state index is 0.0615. The van der Waals surface area contributed by atoms with E-state index in [0.29, 0.717) is 42.5 Å². The number of carbonyl (C=O) groups excluding carboxylic acids is 1. The van der Waals surface area contributed by atoms with E-state index in [1.54, 1.807) is 0 Å². The summed E-state index contributed by atoms with van der Waals surface area (Å²) in [6.45, 7) is 4.43. The molecule has 1 atom stereocenters. The summed E-state index contributed by atoms with van der Waals surface area (Å²) >= 11 is 11.7. The van der Waals surface area contributed by atoms with Crippen molar-refractivity contribution in [1.82, 2.24) is 15.1 Å². The number of nitrogens with zero attached hydrogens (tertiary/aromatic N) is 2. The van der Waals surface area contributed by atoms with Crippen molar-refractivity contribution in [1.29, 1.82) is 0 Å². The molecular formula is C19H22ClN3O2S. The average molecular weight is 392 g/mol. The summed E-state index contributed by atoms with van der Waals surface area (Å²) in [6.07, 6.45) is 2.23. The molecule has 0 aromatic heterocycles. The molecule has 7 heteroatoms. The Labute approximate surface area is 163 Å². The second kappa shape index (κ2) is 7.18. The number of thiocarbonyl (C=S) groups is 1. The molecule has 2 heterocycles. The molecule has 1 unspecified atom stereocenters. The van der Waals surface area contributed by atoms with Crippen LogP contribution in [0.1, 0.15) is 31.4 Å². The average Bonchev–Trinajstić information content (AvgIpc) is 3.47. The molecule has 5 nitrogen and oxygen atoms in total. The Morgan fingerprint density at radius 2 is 1.88 bits per heavy atom. The van der Waals surface area contributed by atoms with Gasteiger partial charge in [-0.15, -0.1) is 0 Å². The molecule has 0 spiro atoms. The number of hydrogen-bond donors (Lipinski definition) is 1. The van der Waals surface area contributed by atoms with E-state index in [4.69, 9.17) is 28.6 Å². The highest BCUT2D eigenvalue weighted by Gasteiger charge is 2.41. The number of rotatable bonds is 3. The fraction of sp³-hybridized carbons (Fsp3) is 0.474. The van der Waals surface area contributed by atoms with Crippen LogP contribution in [0.25, 0.3) is 0 Å². The SMILES string of the molecule is CC1=C(C(=O)N2CCOCC2)C(c2ccc(Cl)cc2)NC(=S)N1C1CC1. The van der Waals surface area contributed by atoms with Gasteiger partial charge in [0.25, 0.3) is 5.91 Å². The van der Waals surface area contributed by atoms with Crippen LogP contribution in [0, 0.1) is 0 Å². The van der Waals surface area contributed by atoms with Crippen LogP contribution in [0.3, 0.4) is 0 Å². The highest BCUT2D eigenvalue weighted by atomic mass is 35.5. The van der Waals surface area contributed by atoms with Crippen LogP contribution < -0.4 is 5.32 Å². The first kappa shape index (κ1) is 17.8. The van der Waals surface area contributed by atoms with Crippen molar-refractivity contribution in [3.05, 3.63) is 46.1 Å². The van der Waals surface area contributed by atoms with E-state index in [9.17, 15) is 4.79 Å². The number of nitrogens with one attached hydrogen (secondary N) is 1. The zero-order chi connectivity index (χ0) is 18.3. The van der Waals surface area contributed by atoms with Gasteiger partial charge in [-0.3, -0.25) is 4.79 Å². The topological polar surface area (TPSA) is 44.8 Å². The van der Waals surface area contributed by atoms with Gasteiger partial charge in [0, 0.05) is 29.9 Å². The third-order valence-electron chi connectivity index (χ3n) is 5.17. The molecule has 2 fully saturated rings. The van der Waals surface area contributed by atoms with E-state index < -0.39 is 0 Å². The number of ether oxygens (including phenoxy) is 1. The lowest BCUT2D eigenvalue weighted by Gasteiger charge is -2.40. The lowest BCUT2D eigenvalue weighted by atomic mass is 9.93. The Balaban J connectivity index is 1.74. The second-order valence-electron chi connectivity index (χ2n) is 6.94. The van der Waals surface area contributed by atoms with Gasteiger partial charge >= 0.3 is 0 Å². The van der Waals surface area contributed by atoms with Gasteiger partial charge < -0.3 is 19.9 Å². The summed E-state index contributed by atoms with van der Waals surface area (Å²) in [7, 11) is 0. The standard InChI is InChI=1S/C19H22ClN3O2S/c1-12-16(18(24)22-8-10-25-11-9-22)17(13-2-4-14(20)5-3-13)21-19(26)23(12)15-6-7-15/h2-5,15,17H,6-11H2,1H3,(H,21,26). The normalized spacial score (nSPS) is 23.9. The number of amides is 1. The third kappa shape index (κ3) is 3.33. The Morgan fingerprint density at radius 1 is 1.23 bits per heavy atom. The van der Waals surface area contributed by atoms with Crippen molar-refractivity contribution in [2.45, 2.75) is 31.8 Å². The number of carbonyl (C=O) groups is 1. The summed E-state index contributed by atoms with van der Waals surface area (Å²) in [6, 6.07) is 7.76. The van der Waals surface area contributed by atoms with E-state index in [0.717, 1.165) is 29.7 Å². The maximum absolute atomic E-state index is 13.4. The van der Waals surface area contributed by atoms with Gasteiger partial charge in [0.15, 0.2) is 5.11 Å². The van der Waals surface area contributed by atoms with Crippen molar-refractivity contribution < 1.29 is 9.53 Å². The molecule has 1 aromatic carbocycles. The third-order valence-corrected chi connectivity index (χ3v) is 5.74. The summed E-state index contributed by atoms with van der Waals surface area (Å²) in [5.41, 5.74) is 2.73. The van der Waals surface area contributed by atoms with E-state index in [-0.39, 0.29) is 11.9 Å². The number of hydrogen-bond acceptors (Lipinski definition) is 3. The quantitative estimate of drug-likeness (QED) is 0.803. The smallest absolute Gasteiger partial charge is 0.254 e. The largest absolute Gasteiger partial charge is 0.378 e. The van der Waals surface area contributed by atoms with Crippen LogP contribution in [-0.2, 0) is 9.53 Å². The van der Waals surface area contributed by atoms with Gasteiger partial charge in [-0.05, 0) is 49.7 Å². The Morgan fingerprint density at radius 3 is 2.50 bits per heavy atom. The molecule has 0 bridgehead atoms. The van der Waals surface area contributed by atoms with Gasteiger partial charge in [0.1, 0.15) is 0 Å². The van der Waals surface area contributed by atoms with Gasteiger partial charge in [-0.1, -0.05) is 23.7 Å². The minimum Gasteiger partial charge on any atom is -0.378 e.